The van der Waals surface area contributed by atoms with E-state index in [4.69, 9.17) is 9.72 Å². The third-order valence-corrected chi connectivity index (χ3v) is 4.43. The van der Waals surface area contributed by atoms with E-state index < -0.39 is 0 Å². The molecule has 0 amide bonds. The van der Waals surface area contributed by atoms with Crippen LogP contribution >= 0.6 is 0 Å². The molecule has 0 saturated carbocycles. The molecular formula is C20H19NO. The zero-order valence-corrected chi connectivity index (χ0v) is 12.8. The Morgan fingerprint density at radius 2 is 1.86 bits per heavy atom. The van der Waals surface area contributed by atoms with Gasteiger partial charge in [-0.3, -0.25) is 4.98 Å². The molecule has 110 valence electrons. The zero-order chi connectivity index (χ0) is 14.9. The smallest absolute Gasteiger partial charge is 0.0783 e. The van der Waals surface area contributed by atoms with Crippen molar-refractivity contribution in [1.29, 1.82) is 0 Å². The van der Waals surface area contributed by atoms with Gasteiger partial charge in [0.05, 0.1) is 12.3 Å². The number of hydrogen-bond acceptors (Lipinski definition) is 2. The Morgan fingerprint density at radius 3 is 2.64 bits per heavy atom. The van der Waals surface area contributed by atoms with Gasteiger partial charge in [-0.25, -0.2) is 0 Å². The lowest BCUT2D eigenvalue weighted by Gasteiger charge is -2.13. The molecule has 1 aliphatic heterocycles. The van der Waals surface area contributed by atoms with Crippen molar-refractivity contribution >= 4 is 10.8 Å². The molecule has 2 nitrogen and oxygen atoms in total. The lowest BCUT2D eigenvalue weighted by atomic mass is 9.98. The molecule has 3 aromatic rings. The summed E-state index contributed by atoms with van der Waals surface area (Å²) >= 11 is 0. The molecule has 0 bridgehead atoms. The van der Waals surface area contributed by atoms with Crippen LogP contribution in [0, 0.1) is 6.92 Å². The average molecular weight is 289 g/mol. The molecule has 0 N–H and O–H groups in total. The second kappa shape index (κ2) is 5.54. The Balaban J connectivity index is 1.92. The van der Waals surface area contributed by atoms with Gasteiger partial charge in [0, 0.05) is 29.2 Å². The van der Waals surface area contributed by atoms with Gasteiger partial charge < -0.3 is 4.74 Å². The van der Waals surface area contributed by atoms with E-state index in [1.807, 2.05) is 0 Å². The van der Waals surface area contributed by atoms with Gasteiger partial charge in [0.15, 0.2) is 0 Å². The molecule has 4 rings (SSSR count). The Bertz CT molecular complexity index is 802. The fourth-order valence-corrected chi connectivity index (χ4v) is 3.13. The first-order chi connectivity index (χ1) is 10.8. The monoisotopic (exact) mass is 289 g/mol. The SMILES string of the molecule is Cc1ccc(-c2nc(C3CCOC3)cc3ccccc23)cc1. The number of aromatic nitrogens is 1. The fourth-order valence-electron chi connectivity index (χ4n) is 3.13. The highest BCUT2D eigenvalue weighted by molar-refractivity contribution is 5.94. The summed E-state index contributed by atoms with van der Waals surface area (Å²) < 4.78 is 5.54. The lowest BCUT2D eigenvalue weighted by Crippen LogP contribution is -2.02. The summed E-state index contributed by atoms with van der Waals surface area (Å²) in [6.07, 6.45) is 1.07. The van der Waals surface area contributed by atoms with Crippen LogP contribution in [0.4, 0.5) is 0 Å². The van der Waals surface area contributed by atoms with Crippen LogP contribution in [0.3, 0.4) is 0 Å². The number of fused-ring (bicyclic) bond motifs is 1. The highest BCUT2D eigenvalue weighted by Gasteiger charge is 2.20. The van der Waals surface area contributed by atoms with E-state index in [9.17, 15) is 0 Å². The van der Waals surface area contributed by atoms with Crippen LogP contribution in [0.15, 0.2) is 54.6 Å². The molecule has 1 saturated heterocycles. The molecule has 1 fully saturated rings. The van der Waals surface area contributed by atoms with Crippen molar-refractivity contribution in [1.82, 2.24) is 4.98 Å². The van der Waals surface area contributed by atoms with E-state index in [-0.39, 0.29) is 0 Å². The van der Waals surface area contributed by atoms with Crippen LogP contribution in [0.5, 0.6) is 0 Å². The van der Waals surface area contributed by atoms with Crippen molar-refractivity contribution in [3.63, 3.8) is 0 Å². The second-order valence-electron chi connectivity index (χ2n) is 6.04. The average Bonchev–Trinajstić information content (AvgIpc) is 3.09. The number of ether oxygens (including phenoxy) is 1. The molecule has 0 radical (unpaired) electrons. The zero-order valence-electron chi connectivity index (χ0n) is 12.8. The van der Waals surface area contributed by atoms with Crippen molar-refractivity contribution < 1.29 is 4.74 Å². The second-order valence-corrected chi connectivity index (χ2v) is 6.04. The number of pyridine rings is 1. The molecule has 2 heterocycles. The normalized spacial score (nSPS) is 18.0. The highest BCUT2D eigenvalue weighted by atomic mass is 16.5. The predicted molar refractivity (Wildman–Crippen MR) is 90.1 cm³/mol. The van der Waals surface area contributed by atoms with Gasteiger partial charge in [-0.1, -0.05) is 54.1 Å². The first-order valence-corrected chi connectivity index (χ1v) is 7.86. The Hall–Kier alpha value is -2.19. The van der Waals surface area contributed by atoms with Crippen molar-refractivity contribution in [3.05, 3.63) is 65.9 Å². The summed E-state index contributed by atoms with van der Waals surface area (Å²) in [6, 6.07) is 19.4. The summed E-state index contributed by atoms with van der Waals surface area (Å²) in [6.45, 7) is 3.75. The molecule has 1 aliphatic rings. The van der Waals surface area contributed by atoms with Gasteiger partial charge in [-0.05, 0) is 24.8 Å². The van der Waals surface area contributed by atoms with E-state index in [0.29, 0.717) is 5.92 Å². The summed E-state index contributed by atoms with van der Waals surface area (Å²) in [5.74, 6) is 0.425. The van der Waals surface area contributed by atoms with Crippen LogP contribution < -0.4 is 0 Å². The molecule has 0 spiro atoms. The minimum Gasteiger partial charge on any atom is -0.381 e. The largest absolute Gasteiger partial charge is 0.381 e. The summed E-state index contributed by atoms with van der Waals surface area (Å²) in [5.41, 5.74) is 4.70. The Labute approximate surface area is 130 Å². The van der Waals surface area contributed by atoms with Gasteiger partial charge >= 0.3 is 0 Å². The van der Waals surface area contributed by atoms with Crippen LogP contribution in [0.25, 0.3) is 22.0 Å². The number of nitrogens with zero attached hydrogens (tertiary/aromatic N) is 1. The molecular weight excluding hydrogens is 270 g/mol. The van der Waals surface area contributed by atoms with Gasteiger partial charge in [-0.15, -0.1) is 0 Å². The van der Waals surface area contributed by atoms with Crippen LogP contribution in [-0.2, 0) is 4.74 Å². The van der Waals surface area contributed by atoms with Crippen molar-refractivity contribution in [3.8, 4) is 11.3 Å². The van der Waals surface area contributed by atoms with Crippen molar-refractivity contribution in [2.24, 2.45) is 0 Å². The van der Waals surface area contributed by atoms with E-state index in [1.165, 1.54) is 21.9 Å². The Morgan fingerprint density at radius 1 is 1.05 bits per heavy atom. The van der Waals surface area contributed by atoms with Gasteiger partial charge in [0.1, 0.15) is 0 Å². The molecule has 0 aliphatic carbocycles. The molecule has 1 atom stereocenters. The van der Waals surface area contributed by atoms with Crippen molar-refractivity contribution in [2.75, 3.05) is 13.2 Å². The van der Waals surface area contributed by atoms with Gasteiger partial charge in [-0.2, -0.15) is 0 Å². The van der Waals surface area contributed by atoms with Crippen LogP contribution in [0.1, 0.15) is 23.6 Å². The minimum atomic E-state index is 0.425. The maximum Gasteiger partial charge on any atom is 0.0783 e. The maximum atomic E-state index is 5.54. The van der Waals surface area contributed by atoms with Crippen molar-refractivity contribution in [2.45, 2.75) is 19.3 Å². The lowest BCUT2D eigenvalue weighted by molar-refractivity contribution is 0.193. The third kappa shape index (κ3) is 2.40. The fraction of sp³-hybridized carbons (Fsp3) is 0.250. The molecule has 2 aromatic carbocycles. The summed E-state index contributed by atoms with van der Waals surface area (Å²) in [5, 5.41) is 2.48. The predicted octanol–water partition coefficient (Wildman–Crippen LogP) is 4.71. The van der Waals surface area contributed by atoms with Crippen LogP contribution in [-0.4, -0.2) is 18.2 Å². The molecule has 22 heavy (non-hydrogen) atoms. The first-order valence-electron chi connectivity index (χ1n) is 7.86. The maximum absolute atomic E-state index is 5.54. The van der Waals surface area contributed by atoms with E-state index >= 15 is 0 Å². The number of rotatable bonds is 2. The third-order valence-electron chi connectivity index (χ3n) is 4.43. The van der Waals surface area contributed by atoms with E-state index in [0.717, 1.165) is 31.0 Å². The van der Waals surface area contributed by atoms with Crippen LogP contribution in [0.2, 0.25) is 0 Å². The highest BCUT2D eigenvalue weighted by Crippen LogP contribution is 2.32. The standard InChI is InChI=1S/C20H19NO/c1-14-6-8-15(9-7-14)20-18-5-3-2-4-16(18)12-19(21-20)17-10-11-22-13-17/h2-9,12,17H,10-11,13H2,1H3. The topological polar surface area (TPSA) is 22.1 Å². The van der Waals surface area contributed by atoms with Gasteiger partial charge in [0.25, 0.3) is 0 Å². The molecule has 1 unspecified atom stereocenters. The first kappa shape index (κ1) is 13.5. The quantitative estimate of drug-likeness (QED) is 0.681. The number of benzene rings is 2. The van der Waals surface area contributed by atoms with E-state index in [2.05, 4.69) is 61.5 Å². The number of hydrogen-bond donors (Lipinski definition) is 0. The Kier molecular flexibility index (Phi) is 3.39. The minimum absolute atomic E-state index is 0.425. The van der Waals surface area contributed by atoms with E-state index in [1.54, 1.807) is 0 Å². The molecule has 2 heteroatoms. The number of aryl methyl sites for hydroxylation is 1. The summed E-state index contributed by atoms with van der Waals surface area (Å²) in [7, 11) is 0. The summed E-state index contributed by atoms with van der Waals surface area (Å²) in [4.78, 5) is 5.00. The molecule has 1 aromatic heterocycles. The van der Waals surface area contributed by atoms with Gasteiger partial charge in [0.2, 0.25) is 0 Å².